The average molecular weight is 286 g/mol. The van der Waals surface area contributed by atoms with Gasteiger partial charge in [-0.15, -0.1) is 0 Å². The second-order valence-electron chi connectivity index (χ2n) is 4.93. The Morgan fingerprint density at radius 2 is 1.90 bits per heavy atom. The van der Waals surface area contributed by atoms with Crippen LogP contribution in [0.3, 0.4) is 0 Å². The van der Waals surface area contributed by atoms with Crippen molar-refractivity contribution < 1.29 is 9.66 Å². The van der Waals surface area contributed by atoms with Crippen LogP contribution in [-0.2, 0) is 0 Å². The maximum absolute atomic E-state index is 11.1. The number of nitro benzene ring substituents is 1. The normalized spacial score (nSPS) is 11.9. The third-order valence-electron chi connectivity index (χ3n) is 3.50. The molecule has 0 saturated heterocycles. The first-order valence-corrected chi connectivity index (χ1v) is 6.83. The predicted molar refractivity (Wildman–Crippen MR) is 82.7 cm³/mol. The number of hydrogen-bond donors (Lipinski definition) is 1. The van der Waals surface area contributed by atoms with E-state index in [0.29, 0.717) is 11.7 Å². The highest BCUT2D eigenvalue weighted by Gasteiger charge is 2.19. The SMILES string of the molecule is CCC(C)c1ccc(Oc2cccc(N)c2[N+](=O)[O-])cc1. The van der Waals surface area contributed by atoms with Crippen LogP contribution in [0.1, 0.15) is 31.7 Å². The zero-order chi connectivity index (χ0) is 15.4. The number of hydrogen-bond acceptors (Lipinski definition) is 4. The van der Waals surface area contributed by atoms with Crippen molar-refractivity contribution >= 4 is 11.4 Å². The van der Waals surface area contributed by atoms with Crippen LogP contribution in [0.2, 0.25) is 0 Å². The van der Waals surface area contributed by atoms with E-state index in [2.05, 4.69) is 13.8 Å². The third-order valence-corrected chi connectivity index (χ3v) is 3.50. The molecule has 2 aromatic carbocycles. The highest BCUT2D eigenvalue weighted by Crippen LogP contribution is 2.36. The highest BCUT2D eigenvalue weighted by molar-refractivity contribution is 5.66. The van der Waals surface area contributed by atoms with E-state index in [1.54, 1.807) is 6.07 Å². The predicted octanol–water partition coefficient (Wildman–Crippen LogP) is 4.48. The minimum atomic E-state index is -0.530. The van der Waals surface area contributed by atoms with Gasteiger partial charge in [0.2, 0.25) is 5.75 Å². The van der Waals surface area contributed by atoms with Crippen LogP contribution in [0, 0.1) is 10.1 Å². The molecule has 2 N–H and O–H groups in total. The molecule has 0 aromatic heterocycles. The van der Waals surface area contributed by atoms with Crippen LogP contribution in [0.5, 0.6) is 11.5 Å². The van der Waals surface area contributed by atoms with Crippen LogP contribution >= 0.6 is 0 Å². The van der Waals surface area contributed by atoms with Gasteiger partial charge in [-0.05, 0) is 42.2 Å². The van der Waals surface area contributed by atoms with E-state index in [1.165, 1.54) is 17.7 Å². The fraction of sp³-hybridized carbons (Fsp3) is 0.250. The van der Waals surface area contributed by atoms with Gasteiger partial charge in [0.05, 0.1) is 4.92 Å². The van der Waals surface area contributed by atoms with Crippen molar-refractivity contribution in [1.29, 1.82) is 0 Å². The van der Waals surface area contributed by atoms with Crippen molar-refractivity contribution in [3.05, 3.63) is 58.1 Å². The molecule has 0 aliphatic carbocycles. The number of anilines is 1. The Morgan fingerprint density at radius 1 is 1.24 bits per heavy atom. The summed E-state index contributed by atoms with van der Waals surface area (Å²) in [6.45, 7) is 4.28. The molecule has 0 heterocycles. The van der Waals surface area contributed by atoms with Crippen molar-refractivity contribution in [3.63, 3.8) is 0 Å². The molecule has 5 nitrogen and oxygen atoms in total. The Bertz CT molecular complexity index is 638. The van der Waals surface area contributed by atoms with Crippen molar-refractivity contribution in [1.82, 2.24) is 0 Å². The van der Waals surface area contributed by atoms with Gasteiger partial charge in [0.15, 0.2) is 0 Å². The lowest BCUT2D eigenvalue weighted by atomic mass is 9.99. The third kappa shape index (κ3) is 3.31. The van der Waals surface area contributed by atoms with Crippen LogP contribution in [-0.4, -0.2) is 4.92 Å². The summed E-state index contributed by atoms with van der Waals surface area (Å²) in [5.74, 6) is 1.17. The molecular weight excluding hydrogens is 268 g/mol. The maximum atomic E-state index is 11.1. The van der Waals surface area contributed by atoms with Gasteiger partial charge in [0.1, 0.15) is 11.4 Å². The van der Waals surface area contributed by atoms with Crippen LogP contribution in [0.4, 0.5) is 11.4 Å². The van der Waals surface area contributed by atoms with Gasteiger partial charge < -0.3 is 10.5 Å². The van der Waals surface area contributed by atoms with E-state index < -0.39 is 4.92 Å². The van der Waals surface area contributed by atoms with E-state index >= 15 is 0 Å². The maximum Gasteiger partial charge on any atom is 0.334 e. The van der Waals surface area contributed by atoms with E-state index in [0.717, 1.165) is 6.42 Å². The molecule has 5 heteroatoms. The van der Waals surface area contributed by atoms with E-state index in [-0.39, 0.29) is 17.1 Å². The lowest BCUT2D eigenvalue weighted by molar-refractivity contribution is -0.384. The Kier molecular flexibility index (Phi) is 4.42. The largest absolute Gasteiger partial charge is 0.450 e. The van der Waals surface area contributed by atoms with Crippen LogP contribution in [0.25, 0.3) is 0 Å². The summed E-state index contributed by atoms with van der Waals surface area (Å²) in [7, 11) is 0. The molecule has 2 aromatic rings. The summed E-state index contributed by atoms with van der Waals surface area (Å²) < 4.78 is 5.60. The summed E-state index contributed by atoms with van der Waals surface area (Å²) in [6.07, 6.45) is 1.06. The summed E-state index contributed by atoms with van der Waals surface area (Å²) in [5.41, 5.74) is 6.74. The number of nitrogens with two attached hydrogens (primary N) is 1. The minimum Gasteiger partial charge on any atom is -0.450 e. The second-order valence-corrected chi connectivity index (χ2v) is 4.93. The second kappa shape index (κ2) is 6.26. The monoisotopic (exact) mass is 286 g/mol. The Labute approximate surface area is 123 Å². The van der Waals surface area contributed by atoms with Gasteiger partial charge in [-0.2, -0.15) is 0 Å². The van der Waals surface area contributed by atoms with Gasteiger partial charge >= 0.3 is 5.69 Å². The van der Waals surface area contributed by atoms with E-state index in [9.17, 15) is 10.1 Å². The minimum absolute atomic E-state index is 0.0914. The number of benzene rings is 2. The topological polar surface area (TPSA) is 78.4 Å². The number of nitrogens with zero attached hydrogens (tertiary/aromatic N) is 1. The summed E-state index contributed by atoms with van der Waals surface area (Å²) in [6, 6.07) is 12.2. The van der Waals surface area contributed by atoms with Crippen molar-refractivity contribution in [2.24, 2.45) is 0 Å². The Balaban J connectivity index is 2.27. The van der Waals surface area contributed by atoms with Crippen LogP contribution in [0.15, 0.2) is 42.5 Å². The van der Waals surface area contributed by atoms with Gasteiger partial charge in [0.25, 0.3) is 0 Å². The molecule has 0 saturated carbocycles. The zero-order valence-electron chi connectivity index (χ0n) is 12.1. The molecule has 0 aliphatic heterocycles. The Morgan fingerprint density at radius 3 is 2.48 bits per heavy atom. The first kappa shape index (κ1) is 14.8. The van der Waals surface area contributed by atoms with E-state index in [1.807, 2.05) is 24.3 Å². The first-order valence-electron chi connectivity index (χ1n) is 6.83. The van der Waals surface area contributed by atoms with Gasteiger partial charge in [0, 0.05) is 0 Å². The van der Waals surface area contributed by atoms with Gasteiger partial charge in [-0.3, -0.25) is 10.1 Å². The van der Waals surface area contributed by atoms with Gasteiger partial charge in [-0.1, -0.05) is 32.0 Å². The average Bonchev–Trinajstić information content (AvgIpc) is 2.47. The molecule has 0 aliphatic rings. The van der Waals surface area contributed by atoms with Crippen LogP contribution < -0.4 is 10.5 Å². The molecule has 1 atom stereocenters. The van der Waals surface area contributed by atoms with Crippen molar-refractivity contribution in [2.45, 2.75) is 26.2 Å². The smallest absolute Gasteiger partial charge is 0.334 e. The lowest BCUT2D eigenvalue weighted by Crippen LogP contribution is -1.98. The molecule has 0 spiro atoms. The lowest BCUT2D eigenvalue weighted by Gasteiger charge is -2.11. The highest BCUT2D eigenvalue weighted by atomic mass is 16.6. The summed E-state index contributed by atoms with van der Waals surface area (Å²) in [5, 5.41) is 11.1. The molecule has 1 unspecified atom stereocenters. The first-order chi connectivity index (χ1) is 10.0. The summed E-state index contributed by atoms with van der Waals surface area (Å²) >= 11 is 0. The van der Waals surface area contributed by atoms with Crippen molar-refractivity contribution in [3.8, 4) is 11.5 Å². The number of nitro groups is 1. The fourth-order valence-corrected chi connectivity index (χ4v) is 2.04. The van der Waals surface area contributed by atoms with Gasteiger partial charge in [-0.25, -0.2) is 0 Å². The fourth-order valence-electron chi connectivity index (χ4n) is 2.04. The molecule has 0 fully saturated rings. The Hall–Kier alpha value is -2.56. The van der Waals surface area contributed by atoms with Crippen molar-refractivity contribution in [2.75, 3.05) is 5.73 Å². The van der Waals surface area contributed by atoms with E-state index in [4.69, 9.17) is 10.5 Å². The molecule has 0 amide bonds. The number of nitrogen functional groups attached to an aromatic ring is 1. The zero-order valence-corrected chi connectivity index (χ0v) is 12.1. The molecule has 2 rings (SSSR count). The molecule has 0 radical (unpaired) electrons. The quantitative estimate of drug-likeness (QED) is 0.499. The number of rotatable bonds is 5. The molecule has 0 bridgehead atoms. The number of para-hydroxylation sites is 1. The summed E-state index contributed by atoms with van der Waals surface area (Å²) in [4.78, 5) is 10.5. The molecule has 110 valence electrons. The molecular formula is C16H18N2O3. The number of ether oxygens (including phenoxy) is 1. The standard InChI is InChI=1S/C16H18N2O3/c1-3-11(2)12-7-9-13(10-8-12)21-15-6-4-5-14(17)16(15)18(19)20/h4-11H,3,17H2,1-2H3. The molecule has 21 heavy (non-hydrogen) atoms.